The first-order chi connectivity index (χ1) is 9.62. The zero-order valence-electron chi connectivity index (χ0n) is 11.5. The largest absolute Gasteiger partial charge is 0.480 e. The van der Waals surface area contributed by atoms with E-state index in [1.165, 1.54) is 19.3 Å². The Bertz CT molecular complexity index is 444. The molecule has 0 spiro atoms. The maximum atomic E-state index is 12.5. The molecule has 1 saturated heterocycles. The molecule has 3 aliphatic carbocycles. The molecule has 4 rings (SSSR count). The number of carboxylic acid groups (broad SMARTS) is 1. The summed E-state index contributed by atoms with van der Waals surface area (Å²) in [5.41, 5.74) is -0.988. The second-order valence-electron chi connectivity index (χ2n) is 7.00. The molecule has 5 heteroatoms. The number of hydrogen-bond acceptors (Lipinski definition) is 3. The van der Waals surface area contributed by atoms with E-state index in [1.807, 2.05) is 0 Å². The van der Waals surface area contributed by atoms with E-state index in [9.17, 15) is 14.7 Å². The molecule has 20 heavy (non-hydrogen) atoms. The Balaban J connectivity index is 1.46. The molecule has 1 aliphatic heterocycles. The number of rotatable bonds is 3. The zero-order valence-corrected chi connectivity index (χ0v) is 12.3. The van der Waals surface area contributed by atoms with Crippen LogP contribution in [0.4, 0.5) is 0 Å². The van der Waals surface area contributed by atoms with E-state index < -0.39 is 11.5 Å². The average Bonchev–Trinajstić information content (AvgIpc) is 2.89. The number of thioether (sulfide) groups is 1. The fourth-order valence-electron chi connectivity index (χ4n) is 5.11. The van der Waals surface area contributed by atoms with Crippen molar-refractivity contribution < 1.29 is 14.7 Å². The summed E-state index contributed by atoms with van der Waals surface area (Å²) in [4.78, 5) is 24.2. The van der Waals surface area contributed by atoms with Gasteiger partial charge in [0.05, 0.1) is 0 Å². The third-order valence-electron chi connectivity index (χ3n) is 6.16. The van der Waals surface area contributed by atoms with Crippen LogP contribution >= 0.6 is 11.8 Å². The van der Waals surface area contributed by atoms with Crippen molar-refractivity contribution >= 4 is 23.6 Å². The molecule has 1 amide bonds. The van der Waals surface area contributed by atoms with Crippen LogP contribution in [0.2, 0.25) is 0 Å². The van der Waals surface area contributed by atoms with Crippen molar-refractivity contribution in [2.24, 2.45) is 29.6 Å². The molecule has 4 atom stereocenters. The number of amides is 1. The van der Waals surface area contributed by atoms with Crippen molar-refractivity contribution in [2.75, 3.05) is 11.5 Å². The molecule has 0 aromatic heterocycles. The van der Waals surface area contributed by atoms with Gasteiger partial charge in [-0.1, -0.05) is 0 Å². The summed E-state index contributed by atoms with van der Waals surface area (Å²) in [6, 6.07) is 0. The van der Waals surface area contributed by atoms with Crippen LogP contribution in [0.3, 0.4) is 0 Å². The molecule has 0 radical (unpaired) electrons. The first-order valence-electron chi connectivity index (χ1n) is 7.75. The number of fused-ring (bicyclic) bond motifs is 5. The average molecular weight is 295 g/mol. The Morgan fingerprint density at radius 1 is 1.10 bits per heavy atom. The normalized spacial score (nSPS) is 43.9. The minimum absolute atomic E-state index is 0.0332. The van der Waals surface area contributed by atoms with Crippen molar-refractivity contribution in [3.8, 4) is 0 Å². The van der Waals surface area contributed by atoms with Crippen molar-refractivity contribution in [1.82, 2.24) is 5.32 Å². The summed E-state index contributed by atoms with van der Waals surface area (Å²) in [6.45, 7) is 0. The minimum atomic E-state index is -0.988. The topological polar surface area (TPSA) is 66.4 Å². The third-order valence-corrected chi connectivity index (χ3v) is 7.14. The highest BCUT2D eigenvalue weighted by Gasteiger charge is 2.68. The van der Waals surface area contributed by atoms with E-state index >= 15 is 0 Å². The van der Waals surface area contributed by atoms with Crippen molar-refractivity contribution in [1.29, 1.82) is 0 Å². The fraction of sp³-hybridized carbons (Fsp3) is 0.867. The predicted molar refractivity (Wildman–Crippen MR) is 76.4 cm³/mol. The Morgan fingerprint density at radius 3 is 2.25 bits per heavy atom. The minimum Gasteiger partial charge on any atom is -0.480 e. The maximum absolute atomic E-state index is 12.5. The van der Waals surface area contributed by atoms with Crippen LogP contribution in [0.25, 0.3) is 0 Å². The summed E-state index contributed by atoms with van der Waals surface area (Å²) in [7, 11) is 0. The van der Waals surface area contributed by atoms with Gasteiger partial charge in [-0.25, -0.2) is 4.79 Å². The summed E-state index contributed by atoms with van der Waals surface area (Å²) in [6.07, 6.45) is 5.02. The Hall–Kier alpha value is -0.710. The van der Waals surface area contributed by atoms with Crippen molar-refractivity contribution in [2.45, 2.75) is 37.6 Å². The first-order valence-corrected chi connectivity index (χ1v) is 8.91. The SMILES string of the molecule is O=C(NC1(C(=O)O)CCSCC1)C1C2C3CCC(C3)C12. The van der Waals surface area contributed by atoms with E-state index in [4.69, 9.17) is 0 Å². The number of carbonyl (C=O) groups is 2. The molecule has 2 N–H and O–H groups in total. The predicted octanol–water partition coefficient (Wildman–Crippen LogP) is 1.75. The summed E-state index contributed by atoms with van der Waals surface area (Å²) >= 11 is 1.78. The molecule has 0 aromatic rings. The number of aliphatic carboxylic acids is 1. The Kier molecular flexibility index (Phi) is 2.85. The Morgan fingerprint density at radius 2 is 1.70 bits per heavy atom. The summed E-state index contributed by atoms with van der Waals surface area (Å²) in [5.74, 6) is 3.64. The van der Waals surface area contributed by atoms with Gasteiger partial charge in [0.25, 0.3) is 0 Å². The number of carbonyl (C=O) groups excluding carboxylic acids is 1. The van der Waals surface area contributed by atoms with E-state index in [-0.39, 0.29) is 11.8 Å². The second-order valence-corrected chi connectivity index (χ2v) is 8.23. The van der Waals surface area contributed by atoms with Gasteiger partial charge >= 0.3 is 5.97 Å². The fourth-order valence-corrected chi connectivity index (χ4v) is 6.30. The van der Waals surface area contributed by atoms with E-state index in [0.717, 1.165) is 23.3 Å². The molecule has 4 aliphatic rings. The van der Waals surface area contributed by atoms with Gasteiger partial charge in [-0.05, 0) is 67.3 Å². The lowest BCUT2D eigenvalue weighted by molar-refractivity contribution is -0.148. The van der Waals surface area contributed by atoms with Gasteiger partial charge in [0, 0.05) is 5.92 Å². The van der Waals surface area contributed by atoms with Crippen LogP contribution in [0, 0.1) is 29.6 Å². The molecule has 0 aromatic carbocycles. The van der Waals surface area contributed by atoms with Gasteiger partial charge in [0.2, 0.25) is 5.91 Å². The van der Waals surface area contributed by atoms with Gasteiger partial charge in [-0.15, -0.1) is 0 Å². The molecule has 3 saturated carbocycles. The van der Waals surface area contributed by atoms with Crippen LogP contribution in [0.15, 0.2) is 0 Å². The van der Waals surface area contributed by atoms with Crippen LogP contribution in [0.5, 0.6) is 0 Å². The molecule has 4 unspecified atom stereocenters. The smallest absolute Gasteiger partial charge is 0.329 e. The van der Waals surface area contributed by atoms with Crippen molar-refractivity contribution in [3.63, 3.8) is 0 Å². The quantitative estimate of drug-likeness (QED) is 0.832. The summed E-state index contributed by atoms with van der Waals surface area (Å²) in [5, 5.41) is 12.5. The molecular formula is C15H21NO3S. The highest BCUT2D eigenvalue weighted by Crippen LogP contribution is 2.69. The first kappa shape index (κ1) is 13.0. The van der Waals surface area contributed by atoms with Gasteiger partial charge < -0.3 is 10.4 Å². The van der Waals surface area contributed by atoms with E-state index in [2.05, 4.69) is 5.32 Å². The lowest BCUT2D eigenvalue weighted by Crippen LogP contribution is -2.57. The molecule has 110 valence electrons. The van der Waals surface area contributed by atoms with Crippen LogP contribution in [-0.4, -0.2) is 34.0 Å². The van der Waals surface area contributed by atoms with E-state index in [1.54, 1.807) is 11.8 Å². The lowest BCUT2D eigenvalue weighted by Gasteiger charge is -2.34. The third kappa shape index (κ3) is 1.74. The standard InChI is InChI=1S/C15H21NO3S/c17-13(12-10-8-1-2-9(7-8)11(10)12)16-15(14(18)19)3-5-20-6-4-15/h8-12H,1-7H2,(H,16,17)(H,18,19). The second kappa shape index (κ2) is 4.39. The zero-order chi connectivity index (χ0) is 13.9. The van der Waals surface area contributed by atoms with Crippen molar-refractivity contribution in [3.05, 3.63) is 0 Å². The summed E-state index contributed by atoms with van der Waals surface area (Å²) < 4.78 is 0. The van der Waals surface area contributed by atoms with Crippen LogP contribution in [-0.2, 0) is 9.59 Å². The number of carboxylic acids is 1. The van der Waals surface area contributed by atoms with Crippen LogP contribution in [0.1, 0.15) is 32.1 Å². The van der Waals surface area contributed by atoms with Gasteiger partial charge in [0.15, 0.2) is 0 Å². The van der Waals surface area contributed by atoms with E-state index in [0.29, 0.717) is 24.7 Å². The molecular weight excluding hydrogens is 274 g/mol. The van der Waals surface area contributed by atoms with Crippen LogP contribution < -0.4 is 5.32 Å². The molecule has 4 fully saturated rings. The highest BCUT2D eigenvalue weighted by atomic mass is 32.2. The van der Waals surface area contributed by atoms with Gasteiger partial charge in [-0.2, -0.15) is 11.8 Å². The Labute approximate surface area is 123 Å². The molecule has 4 nitrogen and oxygen atoms in total. The highest BCUT2D eigenvalue weighted by molar-refractivity contribution is 7.99. The lowest BCUT2D eigenvalue weighted by atomic mass is 9.91. The van der Waals surface area contributed by atoms with Gasteiger partial charge in [-0.3, -0.25) is 4.79 Å². The maximum Gasteiger partial charge on any atom is 0.329 e. The molecule has 1 heterocycles. The van der Waals surface area contributed by atoms with Gasteiger partial charge in [0.1, 0.15) is 5.54 Å². The number of hydrogen-bond donors (Lipinski definition) is 2. The number of nitrogens with one attached hydrogen (secondary N) is 1. The molecule has 2 bridgehead atoms. The monoisotopic (exact) mass is 295 g/mol.